The zero-order valence-corrected chi connectivity index (χ0v) is 22.1. The van der Waals surface area contributed by atoms with Gasteiger partial charge in [0.2, 0.25) is 0 Å². The Hall–Kier alpha value is -3.11. The first-order valence-corrected chi connectivity index (χ1v) is 13.4. The summed E-state index contributed by atoms with van der Waals surface area (Å²) >= 11 is 2.39. The summed E-state index contributed by atoms with van der Waals surface area (Å²) in [6.45, 7) is 4.83. The Morgan fingerprint density at radius 3 is 2.40 bits per heavy atom. The number of aromatic nitrogens is 1. The molecule has 1 nitrogen and oxygen atoms in total. The van der Waals surface area contributed by atoms with Gasteiger partial charge in [-0.1, -0.05) is 86.7 Å². The lowest BCUT2D eigenvalue weighted by atomic mass is 9.71. The van der Waals surface area contributed by atoms with E-state index in [0.717, 1.165) is 6.42 Å². The van der Waals surface area contributed by atoms with Gasteiger partial charge in [-0.3, -0.25) is 0 Å². The van der Waals surface area contributed by atoms with Crippen LogP contribution in [-0.4, -0.2) is 4.98 Å². The van der Waals surface area contributed by atoms with Gasteiger partial charge < -0.3 is 4.98 Å². The third-order valence-corrected chi connectivity index (χ3v) is 8.57. The quantitative estimate of drug-likeness (QED) is 0.210. The number of halogens is 1. The third kappa shape index (κ3) is 3.26. The Morgan fingerprint density at radius 1 is 0.857 bits per heavy atom. The molecule has 7 rings (SSSR count). The van der Waals surface area contributed by atoms with Gasteiger partial charge in [0, 0.05) is 25.8 Å². The molecule has 2 aliphatic carbocycles. The molecule has 0 spiro atoms. The normalized spacial score (nSPS) is 17.3. The highest BCUT2D eigenvalue weighted by Gasteiger charge is 2.34. The molecule has 2 heteroatoms. The second-order valence-electron chi connectivity index (χ2n) is 10.6. The lowest BCUT2D eigenvalue weighted by Gasteiger charge is -2.32. The number of hydrogen-bond donors (Lipinski definition) is 1. The average Bonchev–Trinajstić information content (AvgIpc) is 3.42. The molecule has 35 heavy (non-hydrogen) atoms. The van der Waals surface area contributed by atoms with Crippen LogP contribution in [0.15, 0.2) is 84.9 Å². The Labute approximate surface area is 219 Å². The van der Waals surface area contributed by atoms with Crippen molar-refractivity contribution >= 4 is 45.6 Å². The maximum Gasteiger partial charge on any atom is 0.0547 e. The molecule has 2 aliphatic rings. The third-order valence-electron chi connectivity index (χ3n) is 7.85. The van der Waals surface area contributed by atoms with Gasteiger partial charge in [0.15, 0.2) is 0 Å². The lowest BCUT2D eigenvalue weighted by molar-refractivity contribution is 0.453. The van der Waals surface area contributed by atoms with Crippen LogP contribution in [0.3, 0.4) is 0 Å². The molecule has 0 fully saturated rings. The minimum Gasteiger partial charge on any atom is -0.354 e. The van der Waals surface area contributed by atoms with Gasteiger partial charge >= 0.3 is 0 Å². The Balaban J connectivity index is 1.59. The molecular weight excluding hydrogens is 537 g/mol. The molecule has 0 saturated carbocycles. The maximum atomic E-state index is 3.93. The molecule has 0 bridgehead atoms. The summed E-state index contributed by atoms with van der Waals surface area (Å²) in [6.07, 6.45) is 5.95. The highest BCUT2D eigenvalue weighted by atomic mass is 127. The molecule has 1 N–H and O–H groups in total. The highest BCUT2D eigenvalue weighted by Crippen LogP contribution is 2.43. The van der Waals surface area contributed by atoms with Crippen molar-refractivity contribution in [3.05, 3.63) is 116 Å². The largest absolute Gasteiger partial charge is 0.354 e. The van der Waals surface area contributed by atoms with Crippen molar-refractivity contribution in [1.82, 2.24) is 4.98 Å². The molecule has 0 amide bonds. The zero-order valence-electron chi connectivity index (χ0n) is 19.9. The number of fused-ring (bicyclic) bond motifs is 6. The number of H-pyrrole nitrogens is 1. The van der Waals surface area contributed by atoms with Gasteiger partial charge in [-0.25, -0.2) is 0 Å². The standard InChI is InChI=1S/C33H26IN/c1-33(2)19-23(20-8-4-3-5-9-20)17-29-31(33)28-18-26-25-11-7-6-10-22(25)16-27(26)30(32(28)35-29)21-12-14-24(34)15-13-21/h3-18,23,35H,19H2,1-2H3. The van der Waals surface area contributed by atoms with Gasteiger partial charge in [-0.05, 0) is 97.3 Å². The van der Waals surface area contributed by atoms with E-state index in [1.165, 1.54) is 64.0 Å². The number of hydrogen-bond acceptors (Lipinski definition) is 0. The predicted octanol–water partition coefficient (Wildman–Crippen LogP) is 7.49. The fourth-order valence-corrected chi connectivity index (χ4v) is 6.72. The van der Waals surface area contributed by atoms with E-state index < -0.39 is 0 Å². The van der Waals surface area contributed by atoms with Crippen LogP contribution in [0.1, 0.15) is 42.9 Å². The number of aromatic amines is 1. The molecular formula is C33H26IN. The van der Waals surface area contributed by atoms with E-state index in [1.54, 1.807) is 0 Å². The van der Waals surface area contributed by atoms with Crippen molar-refractivity contribution in [2.75, 3.05) is 0 Å². The van der Waals surface area contributed by atoms with Crippen LogP contribution in [0.5, 0.6) is 0 Å². The van der Waals surface area contributed by atoms with Crippen LogP contribution in [0.2, 0.25) is 0 Å². The van der Waals surface area contributed by atoms with Crippen LogP contribution in [0.25, 0.3) is 45.3 Å². The van der Waals surface area contributed by atoms with E-state index in [0.29, 0.717) is 5.92 Å². The number of benzene rings is 4. The van der Waals surface area contributed by atoms with E-state index in [1.807, 2.05) is 0 Å². The van der Waals surface area contributed by atoms with Crippen molar-refractivity contribution in [1.29, 1.82) is 0 Å². The highest BCUT2D eigenvalue weighted by molar-refractivity contribution is 14.1. The van der Waals surface area contributed by atoms with Gasteiger partial charge in [0.1, 0.15) is 0 Å². The second kappa shape index (κ2) is 7.69. The minimum atomic E-state index is 0.0578. The van der Waals surface area contributed by atoms with Crippen LogP contribution in [0, 0.1) is 3.57 Å². The molecule has 1 heterocycles. The van der Waals surface area contributed by atoms with Crippen LogP contribution in [-0.2, 0) is 5.41 Å². The summed E-state index contributed by atoms with van der Waals surface area (Å²) < 4.78 is 1.26. The summed E-state index contributed by atoms with van der Waals surface area (Å²) in [4.78, 5) is 3.93. The zero-order chi connectivity index (χ0) is 23.7. The summed E-state index contributed by atoms with van der Waals surface area (Å²) in [5.74, 6) is 0.410. The van der Waals surface area contributed by atoms with E-state index in [2.05, 4.69) is 139 Å². The summed E-state index contributed by atoms with van der Waals surface area (Å²) in [6, 6.07) is 31.2. The molecule has 1 unspecified atom stereocenters. The first kappa shape index (κ1) is 21.2. The molecule has 0 saturated heterocycles. The fourth-order valence-electron chi connectivity index (χ4n) is 6.36. The van der Waals surface area contributed by atoms with Crippen LogP contribution < -0.4 is 10.6 Å². The molecule has 0 radical (unpaired) electrons. The Kier molecular flexibility index (Phi) is 4.66. The van der Waals surface area contributed by atoms with E-state index in [9.17, 15) is 0 Å². The monoisotopic (exact) mass is 563 g/mol. The molecule has 1 aromatic heterocycles. The van der Waals surface area contributed by atoms with Crippen molar-refractivity contribution in [3.63, 3.8) is 0 Å². The van der Waals surface area contributed by atoms with Gasteiger partial charge in [-0.2, -0.15) is 0 Å². The van der Waals surface area contributed by atoms with E-state index >= 15 is 0 Å². The molecule has 5 aromatic rings. The summed E-state index contributed by atoms with van der Waals surface area (Å²) in [5, 5.41) is 3.98. The Morgan fingerprint density at radius 2 is 1.60 bits per heavy atom. The summed E-state index contributed by atoms with van der Waals surface area (Å²) in [5.41, 5.74) is 10.8. The van der Waals surface area contributed by atoms with E-state index in [-0.39, 0.29) is 5.41 Å². The molecule has 0 aliphatic heterocycles. The van der Waals surface area contributed by atoms with Gasteiger partial charge in [0.05, 0.1) is 5.52 Å². The SMILES string of the molecule is CC1(C)CC(c2ccccc2)C=c2[nH]c3c(-c4ccc(I)cc4)c4c(cc3c21)-c1ccccc1C=4. The van der Waals surface area contributed by atoms with Crippen molar-refractivity contribution in [3.8, 4) is 22.3 Å². The number of rotatable bonds is 2. The first-order chi connectivity index (χ1) is 17.0. The van der Waals surface area contributed by atoms with E-state index in [4.69, 9.17) is 0 Å². The topological polar surface area (TPSA) is 15.8 Å². The number of nitrogens with one attached hydrogen (secondary N) is 1. The van der Waals surface area contributed by atoms with Crippen molar-refractivity contribution in [2.45, 2.75) is 31.6 Å². The lowest BCUT2D eigenvalue weighted by Crippen LogP contribution is -2.32. The summed E-state index contributed by atoms with van der Waals surface area (Å²) in [7, 11) is 0. The second-order valence-corrected chi connectivity index (χ2v) is 11.8. The first-order valence-electron chi connectivity index (χ1n) is 12.3. The van der Waals surface area contributed by atoms with Crippen LogP contribution >= 0.6 is 22.6 Å². The minimum absolute atomic E-state index is 0.0578. The maximum absolute atomic E-state index is 3.93. The van der Waals surface area contributed by atoms with Gasteiger partial charge in [-0.15, -0.1) is 0 Å². The smallest absolute Gasteiger partial charge is 0.0547 e. The van der Waals surface area contributed by atoms with Crippen LogP contribution in [0.4, 0.5) is 0 Å². The Bertz CT molecular complexity index is 1740. The molecule has 4 aromatic carbocycles. The fraction of sp³-hybridized carbons (Fsp3) is 0.152. The van der Waals surface area contributed by atoms with Crippen molar-refractivity contribution in [2.24, 2.45) is 0 Å². The predicted molar refractivity (Wildman–Crippen MR) is 156 cm³/mol. The van der Waals surface area contributed by atoms with Gasteiger partial charge in [0.25, 0.3) is 0 Å². The van der Waals surface area contributed by atoms with Crippen molar-refractivity contribution < 1.29 is 0 Å². The molecule has 170 valence electrons. The molecule has 1 atom stereocenters. The average molecular weight is 563 g/mol.